The molecule has 0 bridgehead atoms. The third-order valence-corrected chi connectivity index (χ3v) is 3.66. The highest BCUT2D eigenvalue weighted by molar-refractivity contribution is 9.10. The van der Waals surface area contributed by atoms with Crippen molar-refractivity contribution in [3.8, 4) is 0 Å². The van der Waals surface area contributed by atoms with Gasteiger partial charge in [-0.05, 0) is 48.2 Å². The predicted octanol–water partition coefficient (Wildman–Crippen LogP) is 3.56. The average Bonchev–Trinajstić information content (AvgIpc) is 2.48. The Morgan fingerprint density at radius 3 is 2.48 bits per heavy atom. The monoisotopic (exact) mass is 347 g/mol. The van der Waals surface area contributed by atoms with E-state index in [0.717, 1.165) is 21.3 Å². The van der Waals surface area contributed by atoms with Crippen molar-refractivity contribution in [1.29, 1.82) is 0 Å². The van der Waals surface area contributed by atoms with Gasteiger partial charge in [0, 0.05) is 23.2 Å². The first-order chi connectivity index (χ1) is 10.2. The molecule has 0 spiro atoms. The molecule has 0 aromatic heterocycles. The summed E-state index contributed by atoms with van der Waals surface area (Å²) in [5, 5.41) is 11.7. The van der Waals surface area contributed by atoms with Crippen molar-refractivity contribution in [2.75, 3.05) is 11.9 Å². The van der Waals surface area contributed by atoms with Crippen LogP contribution in [0.5, 0.6) is 0 Å². The molecular formula is C17H18BrNO2. The summed E-state index contributed by atoms with van der Waals surface area (Å²) in [5.74, 6) is 0.00452. The minimum Gasteiger partial charge on any atom is -0.396 e. The zero-order valence-electron chi connectivity index (χ0n) is 11.7. The van der Waals surface area contributed by atoms with Crippen LogP contribution in [-0.4, -0.2) is 17.6 Å². The van der Waals surface area contributed by atoms with Crippen molar-refractivity contribution in [2.24, 2.45) is 0 Å². The average molecular weight is 348 g/mol. The van der Waals surface area contributed by atoms with Crippen LogP contribution in [0, 0.1) is 0 Å². The quantitative estimate of drug-likeness (QED) is 0.839. The van der Waals surface area contributed by atoms with Crippen molar-refractivity contribution >= 4 is 27.5 Å². The van der Waals surface area contributed by atoms with E-state index in [1.165, 1.54) is 0 Å². The molecule has 2 aromatic rings. The predicted molar refractivity (Wildman–Crippen MR) is 88.3 cm³/mol. The molecule has 0 aliphatic heterocycles. The molecule has 1 amide bonds. The maximum absolute atomic E-state index is 11.9. The molecule has 4 heteroatoms. The number of hydrogen-bond acceptors (Lipinski definition) is 2. The fourth-order valence-corrected chi connectivity index (χ4v) is 2.50. The Balaban J connectivity index is 1.84. The second kappa shape index (κ2) is 7.96. The number of hydrogen-bond donors (Lipinski definition) is 2. The number of nitrogens with one attached hydrogen (secondary N) is 1. The molecule has 0 unspecified atom stereocenters. The van der Waals surface area contributed by atoms with Crippen LogP contribution in [0.25, 0.3) is 0 Å². The highest BCUT2D eigenvalue weighted by Gasteiger charge is 2.04. The number of anilines is 1. The number of carbonyl (C=O) groups excluding carboxylic acids is 1. The molecule has 0 aliphatic carbocycles. The van der Waals surface area contributed by atoms with Crippen molar-refractivity contribution in [3.63, 3.8) is 0 Å². The smallest absolute Gasteiger partial charge is 0.224 e. The number of aliphatic hydroxyl groups excluding tert-OH is 1. The van der Waals surface area contributed by atoms with Crippen LogP contribution in [0.4, 0.5) is 5.69 Å². The van der Waals surface area contributed by atoms with Gasteiger partial charge >= 0.3 is 0 Å². The molecule has 0 saturated carbocycles. The van der Waals surface area contributed by atoms with E-state index in [1.54, 1.807) is 0 Å². The minimum atomic E-state index is 0.00452. The summed E-state index contributed by atoms with van der Waals surface area (Å²) in [6, 6.07) is 15.5. The number of aliphatic hydroxyl groups is 1. The van der Waals surface area contributed by atoms with Crippen molar-refractivity contribution in [2.45, 2.75) is 19.3 Å². The molecule has 0 aliphatic rings. The van der Waals surface area contributed by atoms with Gasteiger partial charge in [-0.1, -0.05) is 40.2 Å². The number of halogens is 1. The van der Waals surface area contributed by atoms with Gasteiger partial charge in [-0.3, -0.25) is 4.79 Å². The van der Waals surface area contributed by atoms with E-state index in [-0.39, 0.29) is 12.5 Å². The second-order valence-electron chi connectivity index (χ2n) is 4.85. The van der Waals surface area contributed by atoms with E-state index in [4.69, 9.17) is 5.11 Å². The zero-order chi connectivity index (χ0) is 15.1. The lowest BCUT2D eigenvalue weighted by Gasteiger charge is -2.06. The van der Waals surface area contributed by atoms with Gasteiger partial charge in [-0.15, -0.1) is 0 Å². The van der Waals surface area contributed by atoms with Gasteiger partial charge < -0.3 is 10.4 Å². The molecule has 0 atom stereocenters. The van der Waals surface area contributed by atoms with Crippen LogP contribution in [0.1, 0.15) is 17.5 Å². The first-order valence-electron chi connectivity index (χ1n) is 6.91. The normalized spacial score (nSPS) is 10.4. The van der Waals surface area contributed by atoms with Crippen LogP contribution in [0.15, 0.2) is 53.0 Å². The van der Waals surface area contributed by atoms with Gasteiger partial charge in [0.2, 0.25) is 5.91 Å². The van der Waals surface area contributed by atoms with Gasteiger partial charge in [0.15, 0.2) is 0 Å². The molecule has 3 nitrogen and oxygen atoms in total. The Hall–Kier alpha value is -1.65. The lowest BCUT2D eigenvalue weighted by molar-refractivity contribution is -0.116. The highest BCUT2D eigenvalue weighted by atomic mass is 79.9. The van der Waals surface area contributed by atoms with Crippen LogP contribution in [0.3, 0.4) is 0 Å². The third kappa shape index (κ3) is 5.33. The summed E-state index contributed by atoms with van der Waals surface area (Å²) in [7, 11) is 0. The van der Waals surface area contributed by atoms with Crippen molar-refractivity contribution < 1.29 is 9.90 Å². The summed E-state index contributed by atoms with van der Waals surface area (Å²) in [4.78, 5) is 11.9. The molecule has 2 aromatic carbocycles. The first-order valence-corrected chi connectivity index (χ1v) is 7.71. The van der Waals surface area contributed by atoms with Crippen molar-refractivity contribution in [3.05, 3.63) is 64.1 Å². The Labute approximate surface area is 133 Å². The standard InChI is InChI=1S/C17H18BrNO2/c18-15-3-1-2-14(12-15)6-9-17(21)19-16-7-4-13(5-8-16)10-11-20/h1-5,7-8,12,20H,6,9-11H2,(H,19,21). The topological polar surface area (TPSA) is 49.3 Å². The van der Waals surface area contributed by atoms with Crippen molar-refractivity contribution in [1.82, 2.24) is 0 Å². The Morgan fingerprint density at radius 2 is 1.81 bits per heavy atom. The summed E-state index contributed by atoms with van der Waals surface area (Å²) in [6.07, 6.45) is 1.81. The van der Waals surface area contributed by atoms with E-state index in [2.05, 4.69) is 21.2 Å². The molecule has 0 saturated heterocycles. The fourth-order valence-electron chi connectivity index (χ4n) is 2.06. The number of amides is 1. The highest BCUT2D eigenvalue weighted by Crippen LogP contribution is 2.14. The SMILES string of the molecule is O=C(CCc1cccc(Br)c1)Nc1ccc(CCO)cc1. The Morgan fingerprint density at radius 1 is 1.05 bits per heavy atom. The van der Waals surface area contributed by atoms with E-state index < -0.39 is 0 Å². The maximum atomic E-state index is 11.9. The largest absolute Gasteiger partial charge is 0.396 e. The minimum absolute atomic E-state index is 0.00452. The number of carbonyl (C=O) groups is 1. The van der Waals surface area contributed by atoms with E-state index in [1.807, 2.05) is 48.5 Å². The van der Waals surface area contributed by atoms with E-state index in [9.17, 15) is 4.79 Å². The summed E-state index contributed by atoms with van der Waals surface area (Å²) in [5.41, 5.74) is 2.98. The molecule has 2 rings (SSSR count). The zero-order valence-corrected chi connectivity index (χ0v) is 13.3. The van der Waals surface area contributed by atoms with Crippen LogP contribution in [0.2, 0.25) is 0 Å². The van der Waals surface area contributed by atoms with E-state index >= 15 is 0 Å². The summed E-state index contributed by atoms with van der Waals surface area (Å²) >= 11 is 3.42. The van der Waals surface area contributed by atoms with Gasteiger partial charge in [0.1, 0.15) is 0 Å². The molecule has 2 N–H and O–H groups in total. The van der Waals surface area contributed by atoms with Gasteiger partial charge in [-0.25, -0.2) is 0 Å². The maximum Gasteiger partial charge on any atom is 0.224 e. The Kier molecular flexibility index (Phi) is 5.96. The van der Waals surface area contributed by atoms with Gasteiger partial charge in [-0.2, -0.15) is 0 Å². The fraction of sp³-hybridized carbons (Fsp3) is 0.235. The third-order valence-electron chi connectivity index (χ3n) is 3.17. The van der Waals surface area contributed by atoms with Crippen LogP contribution >= 0.6 is 15.9 Å². The summed E-state index contributed by atoms with van der Waals surface area (Å²) in [6.45, 7) is 0.137. The molecule has 0 fully saturated rings. The second-order valence-corrected chi connectivity index (χ2v) is 5.76. The number of rotatable bonds is 6. The molecular weight excluding hydrogens is 330 g/mol. The van der Waals surface area contributed by atoms with Gasteiger partial charge in [0.25, 0.3) is 0 Å². The van der Waals surface area contributed by atoms with Gasteiger partial charge in [0.05, 0.1) is 0 Å². The summed E-state index contributed by atoms with van der Waals surface area (Å²) < 4.78 is 1.03. The number of aryl methyl sites for hydroxylation is 1. The number of benzene rings is 2. The lowest BCUT2D eigenvalue weighted by atomic mass is 10.1. The molecule has 0 radical (unpaired) electrons. The molecule has 0 heterocycles. The molecule has 110 valence electrons. The van der Waals surface area contributed by atoms with Crippen LogP contribution < -0.4 is 5.32 Å². The van der Waals surface area contributed by atoms with Crippen LogP contribution in [-0.2, 0) is 17.6 Å². The lowest BCUT2D eigenvalue weighted by Crippen LogP contribution is -2.12. The molecule has 21 heavy (non-hydrogen) atoms. The Bertz CT molecular complexity index is 596. The van der Waals surface area contributed by atoms with E-state index in [0.29, 0.717) is 19.3 Å². The first kappa shape index (κ1) is 15.7.